The van der Waals surface area contributed by atoms with Crippen molar-refractivity contribution in [1.82, 2.24) is 10.2 Å². The highest BCUT2D eigenvalue weighted by atomic mass is 35.5. The zero-order valence-electron chi connectivity index (χ0n) is 14.5. The fraction of sp³-hybridized carbons (Fsp3) is 0.263. The molecule has 0 fully saturated rings. The molecular formula is C19H21Cl2N3O2. The normalized spacial score (nSPS) is 10.3. The van der Waals surface area contributed by atoms with Gasteiger partial charge in [0.05, 0.1) is 15.7 Å². The van der Waals surface area contributed by atoms with Crippen molar-refractivity contribution in [3.05, 3.63) is 64.1 Å². The molecule has 2 aromatic carbocycles. The average Bonchev–Trinajstić information content (AvgIpc) is 2.63. The molecule has 0 aliphatic rings. The number of para-hydroxylation sites is 1. The first-order valence-electron chi connectivity index (χ1n) is 8.31. The molecule has 3 amide bonds. The van der Waals surface area contributed by atoms with E-state index in [9.17, 15) is 9.59 Å². The summed E-state index contributed by atoms with van der Waals surface area (Å²) in [7, 11) is 0. The van der Waals surface area contributed by atoms with Crippen LogP contribution in [0.5, 0.6) is 0 Å². The third-order valence-corrected chi connectivity index (χ3v) is 4.39. The molecule has 138 valence electrons. The summed E-state index contributed by atoms with van der Waals surface area (Å²) in [4.78, 5) is 25.9. The van der Waals surface area contributed by atoms with Crippen molar-refractivity contribution < 1.29 is 9.59 Å². The van der Waals surface area contributed by atoms with E-state index in [0.717, 1.165) is 12.0 Å². The van der Waals surface area contributed by atoms with E-state index in [-0.39, 0.29) is 18.5 Å². The van der Waals surface area contributed by atoms with Gasteiger partial charge < -0.3 is 15.5 Å². The summed E-state index contributed by atoms with van der Waals surface area (Å²) in [6.07, 6.45) is 0.728. The second-order valence-corrected chi connectivity index (χ2v) is 6.44. The molecule has 2 aromatic rings. The molecule has 0 atom stereocenters. The number of hydrogen-bond acceptors (Lipinski definition) is 2. The molecular weight excluding hydrogens is 373 g/mol. The van der Waals surface area contributed by atoms with Crippen LogP contribution < -0.4 is 10.6 Å². The predicted octanol–water partition coefficient (Wildman–Crippen LogP) is 4.21. The molecule has 0 radical (unpaired) electrons. The molecule has 7 heteroatoms. The summed E-state index contributed by atoms with van der Waals surface area (Å²) in [6.45, 7) is 2.62. The van der Waals surface area contributed by atoms with Crippen LogP contribution in [0.25, 0.3) is 0 Å². The standard InChI is InChI=1S/C19H21Cl2N3O2/c1-2-24(19(26)22-12-11-14-7-4-3-5-8-14)13-17(25)23-18-15(20)9-6-10-16(18)21/h3-10H,2,11-13H2,1H3,(H,22,26)(H,23,25). The summed E-state index contributed by atoms with van der Waals surface area (Å²) >= 11 is 12.1. The van der Waals surface area contributed by atoms with E-state index in [1.807, 2.05) is 37.3 Å². The summed E-state index contributed by atoms with van der Waals surface area (Å²) in [5, 5.41) is 6.18. The number of likely N-dealkylation sites (N-methyl/N-ethyl adjacent to an activating group) is 1. The number of nitrogens with zero attached hydrogens (tertiary/aromatic N) is 1. The minimum atomic E-state index is -0.361. The number of urea groups is 1. The molecule has 26 heavy (non-hydrogen) atoms. The third kappa shape index (κ3) is 5.93. The number of hydrogen-bond donors (Lipinski definition) is 2. The molecule has 0 heterocycles. The number of carbonyl (C=O) groups is 2. The Bertz CT molecular complexity index is 733. The molecule has 0 unspecified atom stereocenters. The first-order valence-corrected chi connectivity index (χ1v) is 9.07. The lowest BCUT2D eigenvalue weighted by atomic mass is 10.1. The van der Waals surface area contributed by atoms with Gasteiger partial charge in [0.2, 0.25) is 5.91 Å². The molecule has 2 rings (SSSR count). The van der Waals surface area contributed by atoms with Gasteiger partial charge in [0.25, 0.3) is 0 Å². The van der Waals surface area contributed by atoms with Crippen molar-refractivity contribution in [1.29, 1.82) is 0 Å². The number of nitrogens with one attached hydrogen (secondary N) is 2. The number of halogens is 2. The first-order chi connectivity index (χ1) is 12.5. The monoisotopic (exact) mass is 393 g/mol. The van der Waals surface area contributed by atoms with Gasteiger partial charge >= 0.3 is 6.03 Å². The van der Waals surface area contributed by atoms with Crippen molar-refractivity contribution in [3.8, 4) is 0 Å². The van der Waals surface area contributed by atoms with E-state index < -0.39 is 0 Å². The smallest absolute Gasteiger partial charge is 0.317 e. The van der Waals surface area contributed by atoms with Crippen LogP contribution in [0.3, 0.4) is 0 Å². The number of rotatable bonds is 7. The molecule has 0 aromatic heterocycles. The number of carbonyl (C=O) groups excluding carboxylic acids is 2. The summed E-state index contributed by atoms with van der Waals surface area (Å²) in [6, 6.07) is 14.6. The van der Waals surface area contributed by atoms with E-state index in [2.05, 4.69) is 10.6 Å². The van der Waals surface area contributed by atoms with E-state index >= 15 is 0 Å². The fourth-order valence-corrected chi connectivity index (χ4v) is 2.86. The highest BCUT2D eigenvalue weighted by Crippen LogP contribution is 2.29. The Morgan fingerprint density at radius 3 is 2.27 bits per heavy atom. The lowest BCUT2D eigenvalue weighted by Crippen LogP contribution is -2.44. The Balaban J connectivity index is 1.85. The highest BCUT2D eigenvalue weighted by Gasteiger charge is 2.17. The first kappa shape index (κ1) is 20.1. The Kier molecular flexibility index (Phi) is 7.75. The quantitative estimate of drug-likeness (QED) is 0.739. The van der Waals surface area contributed by atoms with Gasteiger partial charge in [0, 0.05) is 13.1 Å². The topological polar surface area (TPSA) is 61.4 Å². The highest BCUT2D eigenvalue weighted by molar-refractivity contribution is 6.39. The van der Waals surface area contributed by atoms with E-state index in [1.165, 1.54) is 4.90 Å². The van der Waals surface area contributed by atoms with Gasteiger partial charge in [0.15, 0.2) is 0 Å². The van der Waals surface area contributed by atoms with Gasteiger partial charge in [-0.1, -0.05) is 59.6 Å². The largest absolute Gasteiger partial charge is 0.338 e. The van der Waals surface area contributed by atoms with Crippen LogP contribution >= 0.6 is 23.2 Å². The Hall–Kier alpha value is -2.24. The fourth-order valence-electron chi connectivity index (χ4n) is 2.37. The summed E-state index contributed by atoms with van der Waals surface area (Å²) in [5.41, 5.74) is 1.49. The van der Waals surface area contributed by atoms with E-state index in [0.29, 0.717) is 28.8 Å². The molecule has 2 N–H and O–H groups in total. The van der Waals surface area contributed by atoms with Crippen molar-refractivity contribution in [2.24, 2.45) is 0 Å². The van der Waals surface area contributed by atoms with Crippen LogP contribution in [0.4, 0.5) is 10.5 Å². The maximum absolute atomic E-state index is 12.3. The van der Waals surface area contributed by atoms with Gasteiger partial charge in [-0.25, -0.2) is 4.79 Å². The maximum Gasteiger partial charge on any atom is 0.317 e. The zero-order chi connectivity index (χ0) is 18.9. The summed E-state index contributed by atoms with van der Waals surface area (Å²) in [5.74, 6) is -0.361. The third-order valence-electron chi connectivity index (χ3n) is 3.76. The maximum atomic E-state index is 12.3. The predicted molar refractivity (Wildman–Crippen MR) is 106 cm³/mol. The molecule has 0 saturated carbocycles. The minimum absolute atomic E-state index is 0.0881. The summed E-state index contributed by atoms with van der Waals surface area (Å²) < 4.78 is 0. The molecule has 0 bridgehead atoms. The number of anilines is 1. The van der Waals surface area contributed by atoms with Crippen LogP contribution in [0, 0.1) is 0 Å². The van der Waals surface area contributed by atoms with Crippen LogP contribution in [0.2, 0.25) is 10.0 Å². The van der Waals surface area contributed by atoms with Gasteiger partial charge in [-0.2, -0.15) is 0 Å². The Morgan fingerprint density at radius 2 is 1.65 bits per heavy atom. The van der Waals surface area contributed by atoms with E-state index in [1.54, 1.807) is 18.2 Å². The van der Waals surface area contributed by atoms with Crippen molar-refractivity contribution in [2.45, 2.75) is 13.3 Å². The van der Waals surface area contributed by atoms with Gasteiger partial charge in [-0.15, -0.1) is 0 Å². The number of amides is 3. The second-order valence-electron chi connectivity index (χ2n) is 5.63. The van der Waals surface area contributed by atoms with Gasteiger partial charge in [-0.05, 0) is 31.0 Å². The van der Waals surface area contributed by atoms with Crippen molar-refractivity contribution in [2.75, 3.05) is 25.0 Å². The number of benzene rings is 2. The molecule has 0 aliphatic carbocycles. The van der Waals surface area contributed by atoms with Crippen LogP contribution in [0.15, 0.2) is 48.5 Å². The molecule has 5 nitrogen and oxygen atoms in total. The van der Waals surface area contributed by atoms with Crippen LogP contribution in [-0.2, 0) is 11.2 Å². The second kappa shape index (κ2) is 10.0. The van der Waals surface area contributed by atoms with Gasteiger partial charge in [-0.3, -0.25) is 4.79 Å². The van der Waals surface area contributed by atoms with Crippen molar-refractivity contribution in [3.63, 3.8) is 0 Å². The van der Waals surface area contributed by atoms with Crippen LogP contribution in [-0.4, -0.2) is 36.5 Å². The molecule has 0 spiro atoms. The van der Waals surface area contributed by atoms with Gasteiger partial charge in [0.1, 0.15) is 6.54 Å². The van der Waals surface area contributed by atoms with Crippen LogP contribution in [0.1, 0.15) is 12.5 Å². The lowest BCUT2D eigenvalue weighted by Gasteiger charge is -2.21. The van der Waals surface area contributed by atoms with E-state index in [4.69, 9.17) is 23.2 Å². The SMILES string of the molecule is CCN(CC(=O)Nc1c(Cl)cccc1Cl)C(=O)NCCc1ccccc1. The minimum Gasteiger partial charge on any atom is -0.338 e. The van der Waals surface area contributed by atoms with Crippen molar-refractivity contribution >= 4 is 40.8 Å². The molecule has 0 aliphatic heterocycles. The Labute approximate surface area is 163 Å². The lowest BCUT2D eigenvalue weighted by molar-refractivity contribution is -0.116. The zero-order valence-corrected chi connectivity index (χ0v) is 16.0. The Morgan fingerprint density at radius 1 is 1.00 bits per heavy atom. The molecule has 0 saturated heterocycles. The average molecular weight is 394 g/mol.